The third kappa shape index (κ3) is 4.76. The van der Waals surface area contributed by atoms with Gasteiger partial charge in [-0.05, 0) is 68.8 Å². The van der Waals surface area contributed by atoms with Crippen LogP contribution in [0, 0.1) is 6.92 Å². The summed E-state index contributed by atoms with van der Waals surface area (Å²) < 4.78 is 11.1. The molecule has 168 valence electrons. The van der Waals surface area contributed by atoms with Crippen molar-refractivity contribution in [2.45, 2.75) is 27.2 Å². The van der Waals surface area contributed by atoms with Gasteiger partial charge in [-0.1, -0.05) is 36.2 Å². The number of hydrazone groups is 1. The Labute approximate surface area is 197 Å². The molecule has 1 aliphatic heterocycles. The lowest BCUT2D eigenvalue weighted by atomic mass is 10.1. The zero-order chi connectivity index (χ0) is 23.5. The molecule has 0 bridgehead atoms. The first kappa shape index (κ1) is 22.6. The molecule has 7 heteroatoms. The van der Waals surface area contributed by atoms with Gasteiger partial charge in [0.2, 0.25) is 0 Å². The Balaban J connectivity index is 1.58. The van der Waals surface area contributed by atoms with E-state index in [4.69, 9.17) is 20.8 Å². The number of carbonyl (C=O) groups excluding carboxylic acids is 2. The molecule has 0 atom stereocenters. The van der Waals surface area contributed by atoms with Gasteiger partial charge in [0.1, 0.15) is 11.5 Å². The number of nitrogens with zero attached hydrogens (tertiary/aromatic N) is 2. The number of hydrogen-bond acceptors (Lipinski definition) is 5. The largest absolute Gasteiger partial charge is 0.462 e. The number of anilines is 1. The quantitative estimate of drug-likeness (QED) is 0.319. The van der Waals surface area contributed by atoms with E-state index in [9.17, 15) is 9.59 Å². The maximum Gasteiger partial charge on any atom is 0.339 e. The lowest BCUT2D eigenvalue weighted by molar-refractivity contribution is -0.114. The van der Waals surface area contributed by atoms with Crippen LogP contribution in [0.15, 0.2) is 69.7 Å². The molecule has 0 fully saturated rings. The van der Waals surface area contributed by atoms with E-state index in [2.05, 4.69) is 5.10 Å². The van der Waals surface area contributed by atoms with Crippen LogP contribution in [0.25, 0.3) is 17.4 Å². The maximum atomic E-state index is 13.0. The molecule has 0 saturated carbocycles. The highest BCUT2D eigenvalue weighted by atomic mass is 35.5. The predicted octanol–water partition coefficient (Wildman–Crippen LogP) is 6.28. The average Bonchev–Trinajstić information content (AvgIpc) is 3.38. The maximum absolute atomic E-state index is 13.0. The number of ether oxygens (including phenoxy) is 1. The summed E-state index contributed by atoms with van der Waals surface area (Å²) in [6.07, 6.45) is 2.40. The van der Waals surface area contributed by atoms with E-state index in [1.807, 2.05) is 38.1 Å². The fourth-order valence-corrected chi connectivity index (χ4v) is 3.58. The fourth-order valence-electron chi connectivity index (χ4n) is 3.38. The van der Waals surface area contributed by atoms with Crippen molar-refractivity contribution in [2.24, 2.45) is 5.10 Å². The molecule has 0 spiro atoms. The third-order valence-electron chi connectivity index (χ3n) is 5.16. The van der Waals surface area contributed by atoms with Crippen molar-refractivity contribution in [2.75, 3.05) is 11.6 Å². The number of rotatable bonds is 6. The summed E-state index contributed by atoms with van der Waals surface area (Å²) in [7, 11) is 0. The van der Waals surface area contributed by atoms with Crippen molar-refractivity contribution in [1.82, 2.24) is 0 Å². The molecule has 0 N–H and O–H groups in total. The van der Waals surface area contributed by atoms with Crippen molar-refractivity contribution in [3.63, 3.8) is 0 Å². The number of carbonyl (C=O) groups is 2. The van der Waals surface area contributed by atoms with Gasteiger partial charge < -0.3 is 9.15 Å². The fraction of sp³-hybridized carbons (Fsp3) is 0.192. The second-order valence-corrected chi connectivity index (χ2v) is 8.14. The molecule has 0 radical (unpaired) electrons. The molecule has 1 aromatic heterocycles. The topological polar surface area (TPSA) is 72.1 Å². The van der Waals surface area contributed by atoms with Crippen LogP contribution in [0.4, 0.5) is 5.69 Å². The van der Waals surface area contributed by atoms with Crippen molar-refractivity contribution in [3.05, 3.63) is 82.1 Å². The number of amides is 1. The molecule has 0 aliphatic carbocycles. The van der Waals surface area contributed by atoms with Gasteiger partial charge in [0.25, 0.3) is 5.91 Å². The van der Waals surface area contributed by atoms with Crippen molar-refractivity contribution < 1.29 is 18.7 Å². The van der Waals surface area contributed by atoms with E-state index in [1.165, 1.54) is 5.01 Å². The Morgan fingerprint density at radius 1 is 1.12 bits per heavy atom. The summed E-state index contributed by atoms with van der Waals surface area (Å²) in [6.45, 7) is 6.02. The lowest BCUT2D eigenvalue weighted by Gasteiger charge is -2.11. The van der Waals surface area contributed by atoms with Crippen LogP contribution in [0.2, 0.25) is 5.02 Å². The molecule has 33 heavy (non-hydrogen) atoms. The second-order valence-electron chi connectivity index (χ2n) is 7.73. The molecule has 0 saturated heterocycles. The van der Waals surface area contributed by atoms with Gasteiger partial charge in [0, 0.05) is 5.56 Å². The number of esters is 1. The van der Waals surface area contributed by atoms with Crippen LogP contribution in [0.5, 0.6) is 0 Å². The number of benzene rings is 2. The molecule has 0 unspecified atom stereocenters. The molecule has 6 nitrogen and oxygen atoms in total. The molecule has 1 aliphatic rings. The van der Waals surface area contributed by atoms with E-state index >= 15 is 0 Å². The summed E-state index contributed by atoms with van der Waals surface area (Å²) in [5.41, 5.74) is 3.83. The van der Waals surface area contributed by atoms with Crippen LogP contribution < -0.4 is 5.01 Å². The first-order valence-corrected chi connectivity index (χ1v) is 11.0. The van der Waals surface area contributed by atoms with Crippen LogP contribution in [0.3, 0.4) is 0 Å². The minimum Gasteiger partial charge on any atom is -0.462 e. The van der Waals surface area contributed by atoms with E-state index in [1.54, 1.807) is 43.3 Å². The van der Waals surface area contributed by atoms with Gasteiger partial charge in [-0.15, -0.1) is 0 Å². The lowest BCUT2D eigenvalue weighted by Crippen LogP contribution is -2.21. The van der Waals surface area contributed by atoms with Crippen LogP contribution in [-0.2, 0) is 9.53 Å². The highest BCUT2D eigenvalue weighted by molar-refractivity contribution is 6.33. The summed E-state index contributed by atoms with van der Waals surface area (Å²) in [4.78, 5) is 25.2. The Hall–Kier alpha value is -3.64. The molecule has 3 aromatic rings. The third-order valence-corrected chi connectivity index (χ3v) is 5.49. The highest BCUT2D eigenvalue weighted by Crippen LogP contribution is 2.30. The van der Waals surface area contributed by atoms with Crippen LogP contribution in [-0.4, -0.2) is 24.2 Å². The minimum absolute atomic E-state index is 0.221. The summed E-state index contributed by atoms with van der Waals surface area (Å²) in [6, 6.07) is 16.2. The number of halogens is 1. The van der Waals surface area contributed by atoms with Gasteiger partial charge in [-0.2, -0.15) is 10.1 Å². The number of furan rings is 1. The van der Waals surface area contributed by atoms with Gasteiger partial charge >= 0.3 is 5.97 Å². The number of aryl methyl sites for hydroxylation is 1. The molecule has 2 aromatic carbocycles. The van der Waals surface area contributed by atoms with Gasteiger partial charge in [-0.25, -0.2) is 4.79 Å². The Bertz CT molecular complexity index is 1270. The molecular formula is C26H23ClN2O4. The van der Waals surface area contributed by atoms with Gasteiger partial charge in [0.15, 0.2) is 0 Å². The Morgan fingerprint density at radius 2 is 1.88 bits per heavy atom. The van der Waals surface area contributed by atoms with Gasteiger partial charge in [-0.3, -0.25) is 4.79 Å². The zero-order valence-corrected chi connectivity index (χ0v) is 19.3. The average molecular weight is 463 g/mol. The SMILES string of the molecule is CCCOC(=O)c1cc(-c2ccc(/C=C3\C(=O)N(c4ccc(C)cc4)N=C3C)o2)ccc1Cl. The number of hydrogen-bond donors (Lipinski definition) is 0. The van der Waals surface area contributed by atoms with Crippen molar-refractivity contribution in [1.29, 1.82) is 0 Å². The van der Waals surface area contributed by atoms with E-state index in [0.29, 0.717) is 45.7 Å². The normalized spacial score (nSPS) is 14.7. The minimum atomic E-state index is -0.475. The first-order valence-electron chi connectivity index (χ1n) is 10.6. The monoisotopic (exact) mass is 462 g/mol. The molecule has 4 rings (SSSR count). The van der Waals surface area contributed by atoms with E-state index < -0.39 is 5.97 Å². The summed E-state index contributed by atoms with van der Waals surface area (Å²) in [5, 5.41) is 6.10. The Kier molecular flexibility index (Phi) is 6.47. The summed E-state index contributed by atoms with van der Waals surface area (Å²) in [5.74, 6) is 0.344. The predicted molar refractivity (Wildman–Crippen MR) is 129 cm³/mol. The highest BCUT2D eigenvalue weighted by Gasteiger charge is 2.29. The molecule has 1 amide bonds. The molecular weight excluding hydrogens is 440 g/mol. The molecule has 2 heterocycles. The standard InChI is InChI=1S/C26H23ClN2O4/c1-4-13-32-26(31)22-14-18(7-11-23(22)27)24-12-10-20(33-24)15-21-17(3)28-29(25(21)30)19-8-5-16(2)6-9-19/h5-12,14-15H,4,13H2,1-3H3/b21-15-. The van der Waals surface area contributed by atoms with E-state index in [0.717, 1.165) is 12.0 Å². The van der Waals surface area contributed by atoms with E-state index in [-0.39, 0.29) is 11.5 Å². The van der Waals surface area contributed by atoms with Crippen LogP contribution in [0.1, 0.15) is 41.9 Å². The Morgan fingerprint density at radius 3 is 2.61 bits per heavy atom. The smallest absolute Gasteiger partial charge is 0.339 e. The van der Waals surface area contributed by atoms with Crippen molar-refractivity contribution in [3.8, 4) is 11.3 Å². The zero-order valence-electron chi connectivity index (χ0n) is 18.6. The first-order chi connectivity index (χ1) is 15.9. The summed E-state index contributed by atoms with van der Waals surface area (Å²) >= 11 is 6.18. The van der Waals surface area contributed by atoms with Crippen LogP contribution >= 0.6 is 11.6 Å². The van der Waals surface area contributed by atoms with Crippen molar-refractivity contribution >= 4 is 41.0 Å². The second kappa shape index (κ2) is 9.46. The van der Waals surface area contributed by atoms with Gasteiger partial charge in [0.05, 0.1) is 34.2 Å².